The van der Waals surface area contributed by atoms with Crippen molar-refractivity contribution in [1.82, 2.24) is 0 Å². The fourth-order valence-corrected chi connectivity index (χ4v) is 1.14. The van der Waals surface area contributed by atoms with Gasteiger partial charge in [0.1, 0.15) is 5.75 Å². The van der Waals surface area contributed by atoms with Crippen LogP contribution in [0.5, 0.6) is 5.75 Å². The van der Waals surface area contributed by atoms with Crippen molar-refractivity contribution in [2.24, 2.45) is 0 Å². The summed E-state index contributed by atoms with van der Waals surface area (Å²) in [6.07, 6.45) is 0. The lowest BCUT2D eigenvalue weighted by atomic mass is 10.0. The summed E-state index contributed by atoms with van der Waals surface area (Å²) in [6.45, 7) is 9.06. The molecule has 0 saturated carbocycles. The Balaban J connectivity index is 2.88. The molecule has 1 atom stereocenters. The average molecular weight is 161 g/mol. The Labute approximate surface area is 72.3 Å². The van der Waals surface area contributed by atoms with E-state index in [-0.39, 0.29) is 11.7 Å². The summed E-state index contributed by atoms with van der Waals surface area (Å²) in [4.78, 5) is 3.29. The van der Waals surface area contributed by atoms with Crippen molar-refractivity contribution < 1.29 is 5.11 Å². The summed E-state index contributed by atoms with van der Waals surface area (Å²) >= 11 is 0. The number of para-hydroxylation sites is 1. The molecule has 0 bridgehead atoms. The quantitative estimate of drug-likeness (QED) is 0.662. The van der Waals surface area contributed by atoms with Crippen molar-refractivity contribution in [1.29, 1.82) is 0 Å². The first kappa shape index (κ1) is 8.61. The fraction of sp³-hybridized carbons (Fsp3) is 0.300. The minimum atomic E-state index is 0.115. The number of phenolic OH excluding ortho intramolecular Hbond substituents is 1. The van der Waals surface area contributed by atoms with Gasteiger partial charge in [0.2, 0.25) is 6.54 Å². The van der Waals surface area contributed by atoms with Crippen LogP contribution in [0.4, 0.5) is 0 Å². The number of hydrogen-bond donors (Lipinski definition) is 1. The summed E-state index contributed by atoms with van der Waals surface area (Å²) in [5.74, 6) is 0.400. The van der Waals surface area contributed by atoms with E-state index < -0.39 is 0 Å². The molecule has 0 aliphatic heterocycles. The van der Waals surface area contributed by atoms with Crippen molar-refractivity contribution in [3.8, 4) is 5.75 Å². The van der Waals surface area contributed by atoms with Crippen LogP contribution in [-0.2, 0) is 0 Å². The highest BCUT2D eigenvalue weighted by atomic mass is 16.3. The van der Waals surface area contributed by atoms with Gasteiger partial charge in [0.05, 0.1) is 5.92 Å². The highest BCUT2D eigenvalue weighted by Gasteiger charge is 2.11. The maximum absolute atomic E-state index is 9.40. The Morgan fingerprint density at radius 3 is 2.75 bits per heavy atom. The molecule has 1 N–H and O–H groups in total. The van der Waals surface area contributed by atoms with Crippen molar-refractivity contribution >= 4 is 0 Å². The molecule has 0 aliphatic carbocycles. The molecule has 0 aromatic heterocycles. The van der Waals surface area contributed by atoms with E-state index in [1.165, 1.54) is 0 Å². The largest absolute Gasteiger partial charge is 0.508 e. The minimum Gasteiger partial charge on any atom is -0.508 e. The van der Waals surface area contributed by atoms with E-state index in [0.29, 0.717) is 6.54 Å². The second-order valence-electron chi connectivity index (χ2n) is 2.80. The van der Waals surface area contributed by atoms with Crippen LogP contribution in [0, 0.1) is 6.57 Å². The van der Waals surface area contributed by atoms with Crippen LogP contribution in [0.25, 0.3) is 4.85 Å². The van der Waals surface area contributed by atoms with Gasteiger partial charge >= 0.3 is 0 Å². The van der Waals surface area contributed by atoms with Gasteiger partial charge in [-0.2, -0.15) is 0 Å². The molecule has 0 spiro atoms. The molecular weight excluding hydrogens is 150 g/mol. The number of phenols is 1. The smallest absolute Gasteiger partial charge is 0.221 e. The lowest BCUT2D eigenvalue weighted by Gasteiger charge is -2.06. The second-order valence-corrected chi connectivity index (χ2v) is 2.80. The van der Waals surface area contributed by atoms with Gasteiger partial charge in [0.25, 0.3) is 0 Å². The Hall–Kier alpha value is -1.49. The monoisotopic (exact) mass is 161 g/mol. The van der Waals surface area contributed by atoms with E-state index in [9.17, 15) is 5.11 Å². The van der Waals surface area contributed by atoms with Crippen LogP contribution in [0.2, 0.25) is 0 Å². The third kappa shape index (κ3) is 1.76. The number of nitrogens with zero attached hydrogens (tertiary/aromatic N) is 1. The molecule has 0 saturated heterocycles. The lowest BCUT2D eigenvalue weighted by molar-refractivity contribution is 0.464. The highest BCUT2D eigenvalue weighted by molar-refractivity contribution is 5.34. The Morgan fingerprint density at radius 1 is 1.50 bits per heavy atom. The summed E-state index contributed by atoms with van der Waals surface area (Å²) in [6, 6.07) is 7.15. The number of hydrogen-bond acceptors (Lipinski definition) is 1. The van der Waals surface area contributed by atoms with Gasteiger partial charge in [-0.1, -0.05) is 25.1 Å². The van der Waals surface area contributed by atoms with Crippen LogP contribution in [0.3, 0.4) is 0 Å². The highest BCUT2D eigenvalue weighted by Crippen LogP contribution is 2.24. The topological polar surface area (TPSA) is 24.6 Å². The third-order valence-electron chi connectivity index (χ3n) is 1.83. The molecule has 12 heavy (non-hydrogen) atoms. The summed E-state index contributed by atoms with van der Waals surface area (Å²) in [5, 5.41) is 9.40. The summed E-state index contributed by atoms with van der Waals surface area (Å²) in [5.41, 5.74) is 0.855. The number of aromatic hydroxyl groups is 1. The second kappa shape index (κ2) is 3.77. The minimum absolute atomic E-state index is 0.115. The molecule has 0 radical (unpaired) electrons. The van der Waals surface area contributed by atoms with Crippen LogP contribution in [0.1, 0.15) is 18.4 Å². The average Bonchev–Trinajstić information content (AvgIpc) is 2.05. The molecule has 1 aromatic rings. The maximum Gasteiger partial charge on any atom is 0.221 e. The Morgan fingerprint density at radius 2 is 2.17 bits per heavy atom. The van der Waals surface area contributed by atoms with Gasteiger partial charge in [-0.05, 0) is 6.07 Å². The standard InChI is InChI=1S/C10H11NO/c1-8(7-11-2)9-5-3-4-6-10(9)12/h3-6,8,12H,7H2,1H3. The molecule has 1 rings (SSSR count). The van der Waals surface area contributed by atoms with Gasteiger partial charge in [0.15, 0.2) is 0 Å². The molecule has 0 heterocycles. The van der Waals surface area contributed by atoms with Crippen molar-refractivity contribution in [3.63, 3.8) is 0 Å². The zero-order valence-electron chi connectivity index (χ0n) is 6.99. The van der Waals surface area contributed by atoms with E-state index in [1.807, 2.05) is 19.1 Å². The van der Waals surface area contributed by atoms with E-state index in [1.54, 1.807) is 12.1 Å². The molecule has 1 aromatic carbocycles. The Bertz CT molecular complexity index is 301. The number of benzene rings is 1. The zero-order chi connectivity index (χ0) is 8.97. The van der Waals surface area contributed by atoms with Crippen LogP contribution >= 0.6 is 0 Å². The van der Waals surface area contributed by atoms with Gasteiger partial charge in [0, 0.05) is 5.56 Å². The first-order chi connectivity index (χ1) is 5.75. The van der Waals surface area contributed by atoms with Gasteiger partial charge in [-0.15, -0.1) is 0 Å². The molecule has 2 nitrogen and oxygen atoms in total. The fourth-order valence-electron chi connectivity index (χ4n) is 1.14. The molecule has 0 fully saturated rings. The van der Waals surface area contributed by atoms with E-state index in [0.717, 1.165) is 5.56 Å². The zero-order valence-corrected chi connectivity index (χ0v) is 6.99. The van der Waals surface area contributed by atoms with Crippen LogP contribution in [0.15, 0.2) is 24.3 Å². The summed E-state index contributed by atoms with van der Waals surface area (Å²) < 4.78 is 0. The van der Waals surface area contributed by atoms with Crippen molar-refractivity contribution in [2.45, 2.75) is 12.8 Å². The molecule has 0 amide bonds. The first-order valence-electron chi connectivity index (χ1n) is 3.87. The Kier molecular flexibility index (Phi) is 2.71. The predicted octanol–water partition coefficient (Wildman–Crippen LogP) is 2.41. The first-order valence-corrected chi connectivity index (χ1v) is 3.87. The lowest BCUT2D eigenvalue weighted by Crippen LogP contribution is -1.95. The van der Waals surface area contributed by atoms with Gasteiger partial charge < -0.3 is 9.95 Å². The maximum atomic E-state index is 9.40. The SMILES string of the molecule is [C-]#[N+]CC(C)c1ccccc1O. The molecule has 0 aliphatic rings. The molecule has 62 valence electrons. The number of rotatable bonds is 2. The molecular formula is C10H11NO. The predicted molar refractivity (Wildman–Crippen MR) is 48.0 cm³/mol. The van der Waals surface area contributed by atoms with E-state index in [4.69, 9.17) is 6.57 Å². The van der Waals surface area contributed by atoms with Crippen LogP contribution in [-0.4, -0.2) is 11.7 Å². The molecule has 1 unspecified atom stereocenters. The van der Waals surface area contributed by atoms with E-state index >= 15 is 0 Å². The molecule has 2 heteroatoms. The van der Waals surface area contributed by atoms with Crippen molar-refractivity contribution in [2.75, 3.05) is 6.54 Å². The normalized spacial score (nSPS) is 12.0. The third-order valence-corrected chi connectivity index (χ3v) is 1.83. The van der Waals surface area contributed by atoms with Gasteiger partial charge in [-0.3, -0.25) is 0 Å². The summed E-state index contributed by atoms with van der Waals surface area (Å²) in [7, 11) is 0. The van der Waals surface area contributed by atoms with Crippen LogP contribution < -0.4 is 0 Å². The van der Waals surface area contributed by atoms with Gasteiger partial charge in [-0.25, -0.2) is 6.57 Å². The van der Waals surface area contributed by atoms with E-state index in [2.05, 4.69) is 4.85 Å². The van der Waals surface area contributed by atoms with Crippen molar-refractivity contribution in [3.05, 3.63) is 41.2 Å².